The number of nitriles is 1. The molecule has 13 rings (SSSR count). The van der Waals surface area contributed by atoms with Gasteiger partial charge in [-0.15, -0.1) is 0 Å². The maximum Gasteiger partial charge on any atom is 0.187 e. The molecule has 0 unspecified atom stereocenters. The first-order valence-corrected chi connectivity index (χ1v) is 23.2. The van der Waals surface area contributed by atoms with Crippen LogP contribution in [0.3, 0.4) is 0 Å². The number of hydrogen-bond donors (Lipinski definition) is 0. The Kier molecular flexibility index (Phi) is 9.67. The van der Waals surface area contributed by atoms with Crippen LogP contribution in [0.25, 0.3) is 126 Å². The van der Waals surface area contributed by atoms with Crippen LogP contribution >= 0.6 is 0 Å². The number of hydrogen-bond acceptors (Lipinski definition) is 1. The number of aromatic nitrogens is 2. The zero-order valence-electron chi connectivity index (χ0n) is 37.9. The quantitative estimate of drug-likeness (QED) is 0.0930. The molecule has 0 aliphatic rings. The van der Waals surface area contributed by atoms with Crippen LogP contribution < -0.4 is 0 Å². The van der Waals surface area contributed by atoms with E-state index in [0.29, 0.717) is 32.8 Å². The molecule has 2 aromatic heterocycles. The van der Waals surface area contributed by atoms with Crippen molar-refractivity contribution in [1.82, 2.24) is 9.13 Å². The van der Waals surface area contributed by atoms with Gasteiger partial charge in [-0.3, -0.25) is 0 Å². The Morgan fingerprint density at radius 2 is 0.653 bits per heavy atom. The first-order chi connectivity index (χ1) is 35.2. The second-order valence-corrected chi connectivity index (χ2v) is 18.0. The van der Waals surface area contributed by atoms with Crippen LogP contribution in [0, 0.1) is 41.2 Å². The minimum atomic E-state index is -0.418. The summed E-state index contributed by atoms with van der Waals surface area (Å²) in [5.41, 5.74) is 13.3. The van der Waals surface area contributed by atoms with Gasteiger partial charge in [-0.05, 0) is 175 Å². The standard InChI is InChI=1S/C64H34F4N4/c1-70-48-20-14-41(15-21-48)40-8-12-43(13-9-40)64-52-25-23-49(71-59-26-16-44(65)30-53(59)54-31-45(66)17-27-60(54)71)34-57(52)63(42-10-6-39(7-11-42)38-4-2-37(36-69)3-5-38)51-24-22-50(35-58(51)64)72-61-28-18-46(67)32-55(61)56-33-47(68)19-29-62(56)72/h2-35H. The highest BCUT2D eigenvalue weighted by Crippen LogP contribution is 2.47. The van der Waals surface area contributed by atoms with E-state index in [9.17, 15) is 22.8 Å². The first-order valence-electron chi connectivity index (χ1n) is 23.2. The van der Waals surface area contributed by atoms with Crippen molar-refractivity contribution in [1.29, 1.82) is 5.26 Å². The summed E-state index contributed by atoms with van der Waals surface area (Å²) in [6, 6.07) is 65.1. The Hall–Kier alpha value is -9.76. The van der Waals surface area contributed by atoms with Gasteiger partial charge in [0, 0.05) is 32.9 Å². The fraction of sp³-hybridized carbons (Fsp3) is 0. The van der Waals surface area contributed by atoms with E-state index in [-0.39, 0.29) is 0 Å². The molecule has 8 heteroatoms. The summed E-state index contributed by atoms with van der Waals surface area (Å²) >= 11 is 0. The largest absolute Gasteiger partial charge is 0.309 e. The molecule has 0 N–H and O–H groups in total. The van der Waals surface area contributed by atoms with Gasteiger partial charge >= 0.3 is 0 Å². The van der Waals surface area contributed by atoms with Gasteiger partial charge in [-0.2, -0.15) is 5.26 Å². The molecule has 2 heterocycles. The fourth-order valence-electron chi connectivity index (χ4n) is 10.7. The van der Waals surface area contributed by atoms with E-state index in [2.05, 4.69) is 92.8 Å². The van der Waals surface area contributed by atoms with E-state index >= 15 is 0 Å². The average molecular weight is 935 g/mol. The minimum Gasteiger partial charge on any atom is -0.309 e. The third-order valence-corrected chi connectivity index (χ3v) is 14.0. The number of nitrogens with zero attached hydrogens (tertiary/aromatic N) is 4. The third kappa shape index (κ3) is 6.81. The van der Waals surface area contributed by atoms with E-state index in [1.54, 1.807) is 24.3 Å². The third-order valence-electron chi connectivity index (χ3n) is 14.0. The second-order valence-electron chi connectivity index (χ2n) is 18.0. The topological polar surface area (TPSA) is 38.0 Å². The van der Waals surface area contributed by atoms with Crippen LogP contribution in [0.5, 0.6) is 0 Å². The molecule has 11 aromatic carbocycles. The molecule has 0 aliphatic carbocycles. The van der Waals surface area contributed by atoms with Gasteiger partial charge in [-0.1, -0.05) is 97.1 Å². The number of rotatable bonds is 6. The Morgan fingerprint density at radius 3 is 0.986 bits per heavy atom. The lowest BCUT2D eigenvalue weighted by atomic mass is 9.85. The van der Waals surface area contributed by atoms with E-state index in [4.69, 9.17) is 6.57 Å². The van der Waals surface area contributed by atoms with Crippen molar-refractivity contribution in [2.45, 2.75) is 0 Å². The van der Waals surface area contributed by atoms with E-state index in [0.717, 1.165) is 99.5 Å². The van der Waals surface area contributed by atoms with E-state index in [1.807, 2.05) is 60.7 Å². The Morgan fingerprint density at radius 1 is 0.333 bits per heavy atom. The fourth-order valence-corrected chi connectivity index (χ4v) is 10.7. The number of halogens is 4. The highest BCUT2D eigenvalue weighted by Gasteiger charge is 2.22. The lowest BCUT2D eigenvalue weighted by Crippen LogP contribution is -1.98. The van der Waals surface area contributed by atoms with Crippen molar-refractivity contribution in [3.8, 4) is 62.0 Å². The van der Waals surface area contributed by atoms with Crippen molar-refractivity contribution in [3.05, 3.63) is 247 Å². The molecule has 13 aromatic rings. The predicted octanol–water partition coefficient (Wildman–Crippen LogP) is 17.8. The van der Waals surface area contributed by atoms with Crippen molar-refractivity contribution in [3.63, 3.8) is 0 Å². The predicted molar refractivity (Wildman–Crippen MR) is 283 cm³/mol. The van der Waals surface area contributed by atoms with Crippen LogP contribution in [-0.2, 0) is 0 Å². The van der Waals surface area contributed by atoms with Gasteiger partial charge in [0.1, 0.15) is 23.3 Å². The van der Waals surface area contributed by atoms with Crippen LogP contribution in [0.15, 0.2) is 206 Å². The molecule has 72 heavy (non-hydrogen) atoms. The van der Waals surface area contributed by atoms with Gasteiger partial charge < -0.3 is 9.13 Å². The molecule has 0 bridgehead atoms. The van der Waals surface area contributed by atoms with Crippen LogP contribution in [-0.4, -0.2) is 9.13 Å². The SMILES string of the molecule is [C-]#[N+]c1ccc(-c2ccc(-c3c4ccc(-n5c6ccc(F)cc6c6cc(F)ccc65)cc4c(-c4ccc(-c5ccc(C#N)cc5)cc4)c4ccc(-n5c6ccc(F)cc6c6cc(F)ccc65)cc34)cc2)cc1. The van der Waals surface area contributed by atoms with Gasteiger partial charge in [0.2, 0.25) is 0 Å². The second kappa shape index (κ2) is 16.4. The summed E-state index contributed by atoms with van der Waals surface area (Å²) in [5, 5.41) is 15.6. The number of benzene rings is 11. The zero-order chi connectivity index (χ0) is 48.8. The molecule has 0 amide bonds. The normalized spacial score (nSPS) is 11.6. The van der Waals surface area contributed by atoms with Gasteiger partial charge in [-0.25, -0.2) is 22.4 Å². The van der Waals surface area contributed by atoms with E-state index < -0.39 is 23.3 Å². The lowest BCUT2D eigenvalue weighted by molar-refractivity contribution is 0.628. The highest BCUT2D eigenvalue weighted by atomic mass is 19.1. The zero-order valence-corrected chi connectivity index (χ0v) is 37.9. The number of fused-ring (bicyclic) bond motifs is 8. The summed E-state index contributed by atoms with van der Waals surface area (Å²) in [5.74, 6) is -1.67. The van der Waals surface area contributed by atoms with Crippen molar-refractivity contribution in [2.24, 2.45) is 0 Å². The van der Waals surface area contributed by atoms with Crippen LogP contribution in [0.4, 0.5) is 23.2 Å². The van der Waals surface area contributed by atoms with Crippen LogP contribution in [0.2, 0.25) is 0 Å². The van der Waals surface area contributed by atoms with Gasteiger partial charge in [0.15, 0.2) is 5.69 Å². The summed E-state index contributed by atoms with van der Waals surface area (Å²) in [6.07, 6.45) is 0. The Bertz CT molecular complexity index is 4070. The van der Waals surface area contributed by atoms with Gasteiger partial charge in [0.05, 0.1) is 40.3 Å². The summed E-state index contributed by atoms with van der Waals surface area (Å²) < 4.78 is 63.9. The Balaban J connectivity index is 1.12. The van der Waals surface area contributed by atoms with Crippen molar-refractivity contribution in [2.75, 3.05) is 0 Å². The molecule has 0 aliphatic heterocycles. The monoisotopic (exact) mass is 934 g/mol. The minimum absolute atomic E-state index is 0.418. The lowest BCUT2D eigenvalue weighted by Gasteiger charge is -2.21. The molecular weight excluding hydrogens is 901 g/mol. The van der Waals surface area contributed by atoms with E-state index in [1.165, 1.54) is 48.5 Å². The molecule has 4 nitrogen and oxygen atoms in total. The molecule has 338 valence electrons. The summed E-state index contributed by atoms with van der Waals surface area (Å²) in [6.45, 7) is 7.45. The van der Waals surface area contributed by atoms with Gasteiger partial charge in [0.25, 0.3) is 0 Å². The summed E-state index contributed by atoms with van der Waals surface area (Å²) in [4.78, 5) is 3.57. The Labute approximate surface area is 409 Å². The smallest absolute Gasteiger partial charge is 0.187 e. The highest BCUT2D eigenvalue weighted by molar-refractivity contribution is 6.23. The maximum atomic E-state index is 14.9. The molecule has 0 spiro atoms. The maximum absolute atomic E-state index is 14.9. The molecule has 0 radical (unpaired) electrons. The molecule has 0 saturated carbocycles. The summed E-state index contributed by atoms with van der Waals surface area (Å²) in [7, 11) is 0. The van der Waals surface area contributed by atoms with Crippen molar-refractivity contribution >= 4 is 70.8 Å². The van der Waals surface area contributed by atoms with Crippen LogP contribution in [0.1, 0.15) is 5.56 Å². The molecule has 0 atom stereocenters. The molecular formula is C64H34F4N4. The molecule has 0 fully saturated rings. The first kappa shape index (κ1) is 42.4. The molecule has 0 saturated heterocycles. The van der Waals surface area contributed by atoms with Crippen molar-refractivity contribution < 1.29 is 17.6 Å². The average Bonchev–Trinajstić information content (AvgIpc) is 3.90.